The van der Waals surface area contributed by atoms with E-state index in [1.807, 2.05) is 11.8 Å². The number of rotatable bonds is 5. The molecule has 7 nitrogen and oxygen atoms in total. The molecule has 0 aromatic carbocycles. The average molecular weight is 372 g/mol. The molecule has 0 saturated carbocycles. The van der Waals surface area contributed by atoms with Crippen molar-refractivity contribution in [2.75, 3.05) is 30.9 Å². The molecule has 1 aromatic heterocycles. The van der Waals surface area contributed by atoms with Gasteiger partial charge >= 0.3 is 29.6 Å². The Bertz CT molecular complexity index is 668. The van der Waals surface area contributed by atoms with Crippen molar-refractivity contribution >= 4 is 56.3 Å². The van der Waals surface area contributed by atoms with Crippen LogP contribution in [0.5, 0.6) is 0 Å². The minimum atomic E-state index is -3.24. The van der Waals surface area contributed by atoms with E-state index in [9.17, 15) is 17.2 Å². The molecule has 2 atom stereocenters. The first-order chi connectivity index (χ1) is 10.3. The molecule has 1 fully saturated rings. The Labute approximate surface area is 161 Å². The quantitative estimate of drug-likeness (QED) is 0.581. The predicted molar refractivity (Wildman–Crippen MR) is 91.2 cm³/mol. The summed E-state index contributed by atoms with van der Waals surface area (Å²) in [6, 6.07) is 3.16. The van der Waals surface area contributed by atoms with Crippen LogP contribution in [0.4, 0.5) is 5.82 Å². The van der Waals surface area contributed by atoms with E-state index in [1.54, 1.807) is 6.07 Å². The van der Waals surface area contributed by atoms with Crippen LogP contribution in [0.15, 0.2) is 17.2 Å². The zero-order valence-electron chi connectivity index (χ0n) is 12.6. The third-order valence-corrected chi connectivity index (χ3v) is 4.87. The molecule has 1 saturated heterocycles. The molecule has 1 aliphatic rings. The van der Waals surface area contributed by atoms with Gasteiger partial charge in [0.2, 0.25) is 11.1 Å². The van der Waals surface area contributed by atoms with Gasteiger partial charge in [0.05, 0.1) is 25.0 Å². The van der Waals surface area contributed by atoms with E-state index in [0.29, 0.717) is 31.1 Å². The maximum atomic E-state index is 11.5. The molecular weight excluding hydrogens is 351 g/mol. The number of pyridine rings is 1. The van der Waals surface area contributed by atoms with Gasteiger partial charge in [-0.1, -0.05) is 6.92 Å². The summed E-state index contributed by atoms with van der Waals surface area (Å²) in [5.74, 6) is 0.335. The monoisotopic (exact) mass is 372 g/mol. The number of hydrogen-bond donors (Lipinski definition) is 1. The molecule has 0 amide bonds. The van der Waals surface area contributed by atoms with Crippen LogP contribution >= 0.6 is 0 Å². The normalized spacial score (nSPS) is 20.0. The van der Waals surface area contributed by atoms with E-state index in [0.717, 1.165) is 12.7 Å². The number of hydrogen-bond acceptors (Lipinski definition) is 6. The second-order valence-electron chi connectivity index (χ2n) is 5.32. The summed E-state index contributed by atoms with van der Waals surface area (Å²) in [5, 5.41) is -0.0301. The minimum absolute atomic E-state index is 0. The maximum absolute atomic E-state index is 11.5. The first-order valence-corrected chi connectivity index (χ1v) is 10.1. The number of ether oxygens (including phenoxy) is 1. The van der Waals surface area contributed by atoms with Gasteiger partial charge in [0, 0.05) is 12.8 Å². The Hall–Kier alpha value is -0.0300. The van der Waals surface area contributed by atoms with Crippen LogP contribution in [0.3, 0.4) is 0 Å². The second kappa shape index (κ2) is 8.89. The Morgan fingerprint density at radius 1 is 1.48 bits per heavy atom. The molecule has 2 heterocycles. The van der Waals surface area contributed by atoms with Gasteiger partial charge in [0.15, 0.2) is 14.9 Å². The number of morpholine rings is 1. The number of anilines is 1. The van der Waals surface area contributed by atoms with E-state index >= 15 is 0 Å². The zero-order valence-corrected chi connectivity index (χ0v) is 14.2. The Morgan fingerprint density at radius 2 is 2.17 bits per heavy atom. The van der Waals surface area contributed by atoms with Crippen molar-refractivity contribution in [2.45, 2.75) is 30.2 Å². The number of aromatic nitrogens is 1. The molecule has 126 valence electrons. The topological polar surface area (TPSA) is 96.8 Å². The van der Waals surface area contributed by atoms with Gasteiger partial charge < -0.3 is 14.2 Å². The van der Waals surface area contributed by atoms with Crippen molar-refractivity contribution in [1.29, 1.82) is 0 Å². The number of sulfone groups is 1. The van der Waals surface area contributed by atoms with Crippen molar-refractivity contribution in [3.05, 3.63) is 17.7 Å². The molecule has 23 heavy (non-hydrogen) atoms. The van der Waals surface area contributed by atoms with Gasteiger partial charge in [-0.2, -0.15) is 0 Å². The van der Waals surface area contributed by atoms with Gasteiger partial charge in [-0.15, -0.1) is 0 Å². The van der Waals surface area contributed by atoms with E-state index in [2.05, 4.69) is 4.98 Å². The molecule has 2 rings (SSSR count). The van der Waals surface area contributed by atoms with Gasteiger partial charge in [-0.25, -0.2) is 17.6 Å². The third-order valence-electron chi connectivity index (χ3n) is 3.45. The molecule has 1 aromatic rings. The molecule has 0 spiro atoms. The SMILES string of the molecule is CCC1COCCN1c1cc(CS(C)(=O)=O)cc([S@@](=O)O)n1.[NaH]. The van der Waals surface area contributed by atoms with Crippen LogP contribution in [-0.4, -0.2) is 83.8 Å². The predicted octanol–water partition coefficient (Wildman–Crippen LogP) is 0.174. The molecule has 1 aliphatic heterocycles. The van der Waals surface area contributed by atoms with Crippen molar-refractivity contribution in [1.82, 2.24) is 4.98 Å². The van der Waals surface area contributed by atoms with Crippen molar-refractivity contribution in [3.8, 4) is 0 Å². The molecular formula is C13H21N2NaO5S2. The van der Waals surface area contributed by atoms with Crippen molar-refractivity contribution in [3.63, 3.8) is 0 Å². The zero-order chi connectivity index (χ0) is 16.3. The summed E-state index contributed by atoms with van der Waals surface area (Å²) in [6.45, 7) is 3.75. The fourth-order valence-electron chi connectivity index (χ4n) is 2.46. The first kappa shape index (κ1) is 21.0. The molecule has 10 heteroatoms. The van der Waals surface area contributed by atoms with Crippen molar-refractivity contribution < 1.29 is 21.9 Å². The molecule has 0 aliphatic carbocycles. The number of nitrogens with zero attached hydrogens (tertiary/aromatic N) is 2. The van der Waals surface area contributed by atoms with Gasteiger partial charge in [-0.05, 0) is 24.1 Å². The van der Waals surface area contributed by atoms with E-state index in [1.165, 1.54) is 6.07 Å². The van der Waals surface area contributed by atoms with Crippen LogP contribution in [0.25, 0.3) is 0 Å². The Morgan fingerprint density at radius 3 is 2.74 bits per heavy atom. The van der Waals surface area contributed by atoms with E-state index < -0.39 is 20.9 Å². The van der Waals surface area contributed by atoms with Crippen LogP contribution in [0.1, 0.15) is 18.9 Å². The summed E-state index contributed by atoms with van der Waals surface area (Å²) in [7, 11) is -3.24. The van der Waals surface area contributed by atoms with Crippen molar-refractivity contribution in [2.24, 2.45) is 0 Å². The average Bonchev–Trinajstić information content (AvgIpc) is 2.45. The summed E-state index contributed by atoms with van der Waals surface area (Å²) in [5.41, 5.74) is 0.464. The molecule has 1 N–H and O–H groups in total. The second-order valence-corrected chi connectivity index (χ2v) is 8.38. The molecule has 1 unspecified atom stereocenters. The summed E-state index contributed by atoms with van der Waals surface area (Å²) in [6.07, 6.45) is 1.97. The molecule has 0 radical (unpaired) electrons. The van der Waals surface area contributed by atoms with Crippen LogP contribution in [-0.2, 0) is 31.4 Å². The fourth-order valence-corrected chi connectivity index (χ4v) is 3.66. The fraction of sp³-hybridized carbons (Fsp3) is 0.615. The standard InChI is InChI=1S/C13H20N2O5S2.Na.H/c1-3-11-8-20-5-4-15(11)12-6-10(9-22(2,18)19)7-13(14-12)21(16)17;;/h6-7,11H,3-5,8-9H2,1-2H3,(H,16,17);;. The van der Waals surface area contributed by atoms with Gasteiger partial charge in [0.1, 0.15) is 5.82 Å². The van der Waals surface area contributed by atoms with Crippen LogP contribution in [0.2, 0.25) is 0 Å². The van der Waals surface area contributed by atoms with Crippen LogP contribution < -0.4 is 4.90 Å². The van der Waals surface area contributed by atoms with E-state index in [-0.39, 0.29) is 46.4 Å². The Balaban J connectivity index is 0.00000264. The van der Waals surface area contributed by atoms with Gasteiger partial charge in [0.25, 0.3) is 0 Å². The summed E-state index contributed by atoms with van der Waals surface area (Å²) in [4.78, 5) is 6.22. The Kier molecular flexibility index (Phi) is 8.12. The molecule has 0 bridgehead atoms. The van der Waals surface area contributed by atoms with Crippen LogP contribution in [0, 0.1) is 0 Å². The first-order valence-electron chi connectivity index (χ1n) is 6.94. The third kappa shape index (κ3) is 6.08. The summed E-state index contributed by atoms with van der Waals surface area (Å²) >= 11 is -2.26. The van der Waals surface area contributed by atoms with Gasteiger partial charge in [-0.3, -0.25) is 0 Å². The van der Waals surface area contributed by atoms with E-state index in [4.69, 9.17) is 4.74 Å². The summed E-state index contributed by atoms with van der Waals surface area (Å²) < 4.78 is 49.1.